The summed E-state index contributed by atoms with van der Waals surface area (Å²) in [6.07, 6.45) is 2.02. The molecule has 1 N–H and O–H groups in total. The van der Waals surface area contributed by atoms with Crippen LogP contribution in [0.5, 0.6) is 0 Å². The van der Waals surface area contributed by atoms with Crippen molar-refractivity contribution in [1.82, 2.24) is 0 Å². The summed E-state index contributed by atoms with van der Waals surface area (Å²) < 4.78 is 14.3. The lowest BCUT2D eigenvalue weighted by Gasteiger charge is -2.27. The summed E-state index contributed by atoms with van der Waals surface area (Å²) in [5, 5.41) is 3.48. The largest absolute Gasteiger partial charge is 0.378 e. The smallest absolute Gasteiger partial charge is 0.123 e. The van der Waals surface area contributed by atoms with Crippen LogP contribution in [0.15, 0.2) is 46.9 Å². The van der Waals surface area contributed by atoms with Crippen LogP contribution in [-0.2, 0) is 6.42 Å². The minimum atomic E-state index is -0.172. The molecule has 1 heterocycles. The predicted octanol–water partition coefficient (Wildman–Crippen LogP) is 4.69. The van der Waals surface area contributed by atoms with Crippen LogP contribution >= 0.6 is 15.9 Å². The van der Waals surface area contributed by atoms with Gasteiger partial charge in [-0.05, 0) is 48.2 Å². The molecule has 0 saturated heterocycles. The summed E-state index contributed by atoms with van der Waals surface area (Å²) in [4.78, 5) is 0. The second kappa shape index (κ2) is 4.73. The van der Waals surface area contributed by atoms with Crippen molar-refractivity contribution in [2.24, 2.45) is 0 Å². The summed E-state index contributed by atoms with van der Waals surface area (Å²) in [5.74, 6) is -0.172. The lowest BCUT2D eigenvalue weighted by atomic mass is 9.93. The Morgan fingerprint density at radius 2 is 2.06 bits per heavy atom. The fourth-order valence-corrected chi connectivity index (χ4v) is 2.80. The van der Waals surface area contributed by atoms with E-state index in [-0.39, 0.29) is 11.9 Å². The molecular weight excluding hydrogens is 293 g/mol. The number of hydrogen-bond acceptors (Lipinski definition) is 1. The van der Waals surface area contributed by atoms with Crippen LogP contribution in [0.25, 0.3) is 0 Å². The van der Waals surface area contributed by atoms with Crippen molar-refractivity contribution in [2.45, 2.75) is 18.9 Å². The molecule has 92 valence electrons. The molecule has 1 atom stereocenters. The van der Waals surface area contributed by atoms with E-state index in [0.717, 1.165) is 28.6 Å². The van der Waals surface area contributed by atoms with E-state index in [1.54, 1.807) is 12.1 Å². The molecule has 1 aliphatic heterocycles. The highest BCUT2D eigenvalue weighted by atomic mass is 79.9. The van der Waals surface area contributed by atoms with E-state index < -0.39 is 0 Å². The maximum atomic E-state index is 13.2. The first-order valence-corrected chi connectivity index (χ1v) is 6.82. The number of hydrogen-bond donors (Lipinski definition) is 1. The van der Waals surface area contributed by atoms with Gasteiger partial charge in [-0.2, -0.15) is 0 Å². The number of fused-ring (bicyclic) bond motifs is 1. The molecule has 0 spiro atoms. The Morgan fingerprint density at radius 3 is 2.89 bits per heavy atom. The van der Waals surface area contributed by atoms with Crippen molar-refractivity contribution in [1.29, 1.82) is 0 Å². The topological polar surface area (TPSA) is 12.0 Å². The maximum absolute atomic E-state index is 13.2. The zero-order valence-electron chi connectivity index (χ0n) is 9.79. The molecular formula is C15H13BrFN. The lowest BCUT2D eigenvalue weighted by Crippen LogP contribution is -2.18. The van der Waals surface area contributed by atoms with Gasteiger partial charge in [0.2, 0.25) is 0 Å². The zero-order valence-corrected chi connectivity index (χ0v) is 11.4. The highest BCUT2D eigenvalue weighted by Crippen LogP contribution is 2.34. The molecule has 2 aromatic carbocycles. The van der Waals surface area contributed by atoms with Gasteiger partial charge in [0, 0.05) is 10.2 Å². The van der Waals surface area contributed by atoms with E-state index in [1.807, 2.05) is 6.07 Å². The van der Waals surface area contributed by atoms with Crippen LogP contribution < -0.4 is 5.32 Å². The van der Waals surface area contributed by atoms with Crippen LogP contribution in [0.2, 0.25) is 0 Å². The molecule has 3 heteroatoms. The molecule has 1 aliphatic rings. The third-order valence-electron chi connectivity index (χ3n) is 3.36. The summed E-state index contributed by atoms with van der Waals surface area (Å²) in [6, 6.07) is 13.3. The molecule has 3 rings (SSSR count). The molecule has 2 aromatic rings. The molecule has 0 saturated carbocycles. The molecule has 1 unspecified atom stereocenters. The van der Waals surface area contributed by atoms with Gasteiger partial charge in [-0.3, -0.25) is 0 Å². The standard InChI is InChI=1S/C15H13BrFN/c16-12-6-4-10-5-7-14(18-15(10)9-12)11-2-1-3-13(17)8-11/h1-4,6,8-9,14,18H,5,7H2. The zero-order chi connectivity index (χ0) is 12.5. The SMILES string of the molecule is Fc1cccc(C2CCc3ccc(Br)cc3N2)c1. The number of aryl methyl sites for hydroxylation is 1. The van der Waals surface area contributed by atoms with Crippen molar-refractivity contribution >= 4 is 21.6 Å². The molecule has 18 heavy (non-hydrogen) atoms. The fourth-order valence-electron chi connectivity index (χ4n) is 2.43. The van der Waals surface area contributed by atoms with Crippen molar-refractivity contribution in [2.75, 3.05) is 5.32 Å². The van der Waals surface area contributed by atoms with Gasteiger partial charge in [-0.1, -0.05) is 34.1 Å². The quantitative estimate of drug-likeness (QED) is 0.806. The van der Waals surface area contributed by atoms with E-state index >= 15 is 0 Å². The van der Waals surface area contributed by atoms with Crippen LogP contribution in [0.3, 0.4) is 0 Å². The number of halogens is 2. The number of rotatable bonds is 1. The Morgan fingerprint density at radius 1 is 1.17 bits per heavy atom. The Hall–Kier alpha value is -1.35. The third-order valence-corrected chi connectivity index (χ3v) is 3.85. The van der Waals surface area contributed by atoms with Crippen LogP contribution in [-0.4, -0.2) is 0 Å². The molecule has 0 aromatic heterocycles. The summed E-state index contributed by atoms with van der Waals surface area (Å²) >= 11 is 3.48. The first kappa shape index (κ1) is 11.7. The fraction of sp³-hybridized carbons (Fsp3) is 0.200. The average Bonchev–Trinajstić information content (AvgIpc) is 2.38. The first-order valence-electron chi connectivity index (χ1n) is 6.03. The predicted molar refractivity (Wildman–Crippen MR) is 75.2 cm³/mol. The molecule has 0 radical (unpaired) electrons. The van der Waals surface area contributed by atoms with Gasteiger partial charge >= 0.3 is 0 Å². The van der Waals surface area contributed by atoms with Gasteiger partial charge in [-0.25, -0.2) is 4.39 Å². The number of nitrogens with one attached hydrogen (secondary N) is 1. The van der Waals surface area contributed by atoms with Gasteiger partial charge in [0.25, 0.3) is 0 Å². The Kier molecular flexibility index (Phi) is 3.08. The number of anilines is 1. The van der Waals surface area contributed by atoms with Crippen molar-refractivity contribution in [3.8, 4) is 0 Å². The van der Waals surface area contributed by atoms with E-state index in [9.17, 15) is 4.39 Å². The van der Waals surface area contributed by atoms with E-state index in [1.165, 1.54) is 11.6 Å². The molecule has 1 nitrogen and oxygen atoms in total. The Labute approximate surface area is 114 Å². The van der Waals surface area contributed by atoms with Gasteiger partial charge in [0.05, 0.1) is 6.04 Å². The monoisotopic (exact) mass is 305 g/mol. The molecule has 0 bridgehead atoms. The van der Waals surface area contributed by atoms with Crippen LogP contribution in [0, 0.1) is 5.82 Å². The van der Waals surface area contributed by atoms with Gasteiger partial charge in [0.15, 0.2) is 0 Å². The first-order chi connectivity index (χ1) is 8.72. The van der Waals surface area contributed by atoms with Crippen LogP contribution in [0.4, 0.5) is 10.1 Å². The van der Waals surface area contributed by atoms with Crippen molar-refractivity contribution < 1.29 is 4.39 Å². The maximum Gasteiger partial charge on any atom is 0.123 e. The summed E-state index contributed by atoms with van der Waals surface area (Å²) in [6.45, 7) is 0. The minimum Gasteiger partial charge on any atom is -0.378 e. The Bertz CT molecular complexity index is 582. The lowest BCUT2D eigenvalue weighted by molar-refractivity contribution is 0.614. The highest BCUT2D eigenvalue weighted by molar-refractivity contribution is 9.10. The van der Waals surface area contributed by atoms with Gasteiger partial charge in [-0.15, -0.1) is 0 Å². The van der Waals surface area contributed by atoms with Gasteiger partial charge < -0.3 is 5.32 Å². The van der Waals surface area contributed by atoms with E-state index in [0.29, 0.717) is 0 Å². The van der Waals surface area contributed by atoms with Crippen LogP contribution in [0.1, 0.15) is 23.6 Å². The minimum absolute atomic E-state index is 0.172. The van der Waals surface area contributed by atoms with E-state index in [4.69, 9.17) is 0 Å². The van der Waals surface area contributed by atoms with Crippen molar-refractivity contribution in [3.63, 3.8) is 0 Å². The van der Waals surface area contributed by atoms with Gasteiger partial charge in [0.1, 0.15) is 5.82 Å². The number of benzene rings is 2. The normalized spacial score (nSPS) is 18.0. The third kappa shape index (κ3) is 2.27. The second-order valence-corrected chi connectivity index (χ2v) is 5.51. The second-order valence-electron chi connectivity index (χ2n) is 4.59. The molecule has 0 fully saturated rings. The Balaban J connectivity index is 1.90. The molecule has 0 aliphatic carbocycles. The highest BCUT2D eigenvalue weighted by Gasteiger charge is 2.19. The summed E-state index contributed by atoms with van der Waals surface area (Å²) in [7, 11) is 0. The van der Waals surface area contributed by atoms with E-state index in [2.05, 4.69) is 39.4 Å². The van der Waals surface area contributed by atoms with Crippen molar-refractivity contribution in [3.05, 3.63) is 63.9 Å². The molecule has 0 amide bonds. The summed E-state index contributed by atoms with van der Waals surface area (Å²) in [5.41, 5.74) is 3.48. The average molecular weight is 306 g/mol.